The Morgan fingerprint density at radius 2 is 1.43 bits per heavy atom. The number of anilines is 1. The number of rotatable bonds is 2. The highest BCUT2D eigenvalue weighted by Gasteiger charge is 2.24. The van der Waals surface area contributed by atoms with E-state index in [-0.39, 0.29) is 5.54 Å². The summed E-state index contributed by atoms with van der Waals surface area (Å²) < 4.78 is 8.70. The summed E-state index contributed by atoms with van der Waals surface area (Å²) in [5, 5.41) is 4.94. The molecule has 3 nitrogen and oxygen atoms in total. The first-order valence-corrected chi connectivity index (χ1v) is 14.2. The molecule has 1 aliphatic carbocycles. The van der Waals surface area contributed by atoms with E-state index in [0.29, 0.717) is 0 Å². The van der Waals surface area contributed by atoms with Crippen molar-refractivity contribution in [1.29, 1.82) is 0 Å². The largest absolute Gasteiger partial charge is 0.455 e. The fourth-order valence-electron chi connectivity index (χ4n) is 5.50. The average Bonchev–Trinajstić information content (AvgIpc) is 3.56. The van der Waals surface area contributed by atoms with Gasteiger partial charge in [0.1, 0.15) is 11.2 Å². The highest BCUT2D eigenvalue weighted by Crippen LogP contribution is 2.38. The zero-order valence-corrected chi connectivity index (χ0v) is 22.7. The molecule has 1 aliphatic rings. The fourth-order valence-corrected chi connectivity index (χ4v) is 6.59. The third-order valence-electron chi connectivity index (χ3n) is 7.64. The van der Waals surface area contributed by atoms with Gasteiger partial charge >= 0.3 is 0 Å². The van der Waals surface area contributed by atoms with Crippen molar-refractivity contribution in [2.45, 2.75) is 12.0 Å². The van der Waals surface area contributed by atoms with E-state index in [9.17, 15) is 0 Å². The number of furan rings is 1. The maximum absolute atomic E-state index is 6.55. The first-order valence-electron chi connectivity index (χ1n) is 13.4. The number of benzene rings is 5. The van der Waals surface area contributed by atoms with Crippen molar-refractivity contribution in [3.8, 4) is 11.1 Å². The molecule has 194 valence electrons. The molecule has 0 saturated heterocycles. The van der Waals surface area contributed by atoms with Gasteiger partial charge in [-0.3, -0.25) is 0 Å². The first kappa shape index (κ1) is 24.4. The van der Waals surface area contributed by atoms with Gasteiger partial charge in [0, 0.05) is 42.2 Å². The molecule has 0 radical (unpaired) electrons. The summed E-state index contributed by atoms with van der Waals surface area (Å²) in [6, 6.07) is 37.4. The van der Waals surface area contributed by atoms with Crippen LogP contribution in [0.1, 0.15) is 12.0 Å². The molecule has 0 spiro atoms. The van der Waals surface area contributed by atoms with Crippen LogP contribution < -0.4 is 11.5 Å². The van der Waals surface area contributed by atoms with E-state index in [1.54, 1.807) is 0 Å². The lowest BCUT2D eigenvalue weighted by atomic mass is 9.84. The number of hydrogen-bond donors (Lipinski definition) is 2. The molecule has 0 aliphatic heterocycles. The Morgan fingerprint density at radius 3 is 2.25 bits per heavy atom. The second kappa shape index (κ2) is 9.83. The topological polar surface area (TPSA) is 65.2 Å². The maximum Gasteiger partial charge on any atom is 0.143 e. The van der Waals surface area contributed by atoms with Gasteiger partial charge in [-0.05, 0) is 53.9 Å². The highest BCUT2D eigenvalue weighted by atomic mass is 32.1. The minimum atomic E-state index is -0.369. The van der Waals surface area contributed by atoms with E-state index in [0.717, 1.165) is 45.2 Å². The SMILES string of the molecule is NC1(c2ccc3sc4ccccc4c3c2)C=CC=CC1.Nc1ccc(-c2cccc3c2oc2ccccc23)cc1. The van der Waals surface area contributed by atoms with Gasteiger partial charge in [0.25, 0.3) is 0 Å². The van der Waals surface area contributed by atoms with E-state index in [2.05, 4.69) is 85.0 Å². The van der Waals surface area contributed by atoms with E-state index in [4.69, 9.17) is 15.9 Å². The number of nitrogens with two attached hydrogens (primary N) is 2. The van der Waals surface area contributed by atoms with Crippen molar-refractivity contribution in [3.63, 3.8) is 0 Å². The van der Waals surface area contributed by atoms with E-state index in [1.807, 2.05) is 59.9 Å². The van der Waals surface area contributed by atoms with Crippen LogP contribution in [-0.4, -0.2) is 0 Å². The Bertz CT molecular complexity index is 2060. The molecule has 4 N–H and O–H groups in total. The van der Waals surface area contributed by atoms with E-state index >= 15 is 0 Å². The van der Waals surface area contributed by atoms with Crippen LogP contribution in [0.5, 0.6) is 0 Å². The Morgan fingerprint density at radius 1 is 0.675 bits per heavy atom. The highest BCUT2D eigenvalue weighted by molar-refractivity contribution is 7.25. The molecule has 0 saturated carbocycles. The van der Waals surface area contributed by atoms with Crippen molar-refractivity contribution >= 4 is 59.1 Å². The van der Waals surface area contributed by atoms with Gasteiger partial charge in [-0.25, -0.2) is 0 Å². The van der Waals surface area contributed by atoms with Gasteiger partial charge in [-0.1, -0.05) is 97.1 Å². The third kappa shape index (κ3) is 4.28. The van der Waals surface area contributed by atoms with Crippen LogP contribution >= 0.6 is 11.3 Å². The second-order valence-corrected chi connectivity index (χ2v) is 11.3. The summed E-state index contributed by atoms with van der Waals surface area (Å²) in [4.78, 5) is 0. The monoisotopic (exact) mass is 536 g/mol. The number of allylic oxidation sites excluding steroid dienone is 2. The van der Waals surface area contributed by atoms with Gasteiger partial charge in [0.05, 0.1) is 5.54 Å². The van der Waals surface area contributed by atoms with Crippen LogP contribution in [0.3, 0.4) is 0 Å². The van der Waals surface area contributed by atoms with Crippen LogP contribution in [0.2, 0.25) is 0 Å². The summed E-state index contributed by atoms with van der Waals surface area (Å²) in [6.45, 7) is 0. The molecule has 2 aromatic heterocycles. The molecular formula is C36H28N2OS. The Hall–Kier alpha value is -4.64. The lowest BCUT2D eigenvalue weighted by Gasteiger charge is -2.27. The van der Waals surface area contributed by atoms with Crippen LogP contribution in [0.15, 0.2) is 138 Å². The van der Waals surface area contributed by atoms with Gasteiger partial charge in [-0.15, -0.1) is 11.3 Å². The molecule has 0 bridgehead atoms. The molecule has 4 heteroatoms. The summed E-state index contributed by atoms with van der Waals surface area (Å²) in [6.07, 6.45) is 9.19. The van der Waals surface area contributed by atoms with Crippen molar-refractivity contribution in [2.75, 3.05) is 5.73 Å². The smallest absolute Gasteiger partial charge is 0.143 e. The van der Waals surface area contributed by atoms with Crippen molar-refractivity contribution < 1.29 is 4.42 Å². The third-order valence-corrected chi connectivity index (χ3v) is 8.79. The number of fused-ring (bicyclic) bond motifs is 6. The Labute approximate surface area is 236 Å². The molecular weight excluding hydrogens is 508 g/mol. The fraction of sp³-hybridized carbons (Fsp3) is 0.0556. The standard InChI is InChI=1S/C18H13NO.C18H15NS/c19-13-10-8-12(9-11-13)14-5-3-6-16-15-4-1-2-7-17(15)20-18(14)16;19-18(10-4-1-5-11-18)13-8-9-17-15(12-13)14-6-2-3-7-16(14)20-17/h1-11H,19H2;1-10,12H,11,19H2. The zero-order chi connectivity index (χ0) is 27.1. The summed E-state index contributed by atoms with van der Waals surface area (Å²) in [5.74, 6) is 0. The molecule has 0 fully saturated rings. The molecule has 7 aromatic rings. The van der Waals surface area contributed by atoms with Gasteiger partial charge in [0.2, 0.25) is 0 Å². The molecule has 0 amide bonds. The van der Waals surface area contributed by atoms with Crippen molar-refractivity contribution in [2.24, 2.45) is 5.73 Å². The van der Waals surface area contributed by atoms with Crippen LogP contribution in [0, 0.1) is 0 Å². The Kier molecular flexibility index (Phi) is 6.00. The van der Waals surface area contributed by atoms with Gasteiger partial charge < -0.3 is 15.9 Å². The minimum absolute atomic E-state index is 0.369. The lowest BCUT2D eigenvalue weighted by molar-refractivity contribution is 0.566. The predicted octanol–water partition coefficient (Wildman–Crippen LogP) is 9.56. The Balaban J connectivity index is 0.000000132. The number of thiophene rings is 1. The average molecular weight is 537 g/mol. The van der Waals surface area contributed by atoms with Crippen LogP contribution in [0.4, 0.5) is 5.69 Å². The first-order chi connectivity index (χ1) is 19.6. The van der Waals surface area contributed by atoms with Crippen LogP contribution in [-0.2, 0) is 5.54 Å². The zero-order valence-electron chi connectivity index (χ0n) is 21.9. The molecule has 1 unspecified atom stereocenters. The number of hydrogen-bond acceptors (Lipinski definition) is 4. The second-order valence-electron chi connectivity index (χ2n) is 10.2. The maximum atomic E-state index is 6.55. The number of nitrogen functional groups attached to an aromatic ring is 1. The summed E-state index contributed by atoms with van der Waals surface area (Å²) in [5.41, 5.74) is 18.0. The van der Waals surface area contributed by atoms with Gasteiger partial charge in [0.15, 0.2) is 0 Å². The lowest BCUT2D eigenvalue weighted by Crippen LogP contribution is -2.34. The number of para-hydroxylation sites is 2. The molecule has 5 aromatic carbocycles. The summed E-state index contributed by atoms with van der Waals surface area (Å²) in [7, 11) is 0. The summed E-state index contributed by atoms with van der Waals surface area (Å²) >= 11 is 1.84. The van der Waals surface area contributed by atoms with E-state index < -0.39 is 0 Å². The van der Waals surface area contributed by atoms with E-state index in [1.165, 1.54) is 25.7 Å². The van der Waals surface area contributed by atoms with Crippen LogP contribution in [0.25, 0.3) is 53.2 Å². The molecule has 2 heterocycles. The van der Waals surface area contributed by atoms with Gasteiger partial charge in [-0.2, -0.15) is 0 Å². The van der Waals surface area contributed by atoms with Crippen molar-refractivity contribution in [3.05, 3.63) is 139 Å². The molecule has 1 atom stereocenters. The van der Waals surface area contributed by atoms with Crippen molar-refractivity contribution in [1.82, 2.24) is 0 Å². The minimum Gasteiger partial charge on any atom is -0.455 e. The quantitative estimate of drug-likeness (QED) is 0.216. The molecule has 8 rings (SSSR count). The molecule has 40 heavy (non-hydrogen) atoms. The predicted molar refractivity (Wildman–Crippen MR) is 172 cm³/mol. The normalized spacial score (nSPS) is 16.5.